The van der Waals surface area contributed by atoms with Gasteiger partial charge in [0.15, 0.2) is 0 Å². The molecule has 1 aromatic heterocycles. The van der Waals surface area contributed by atoms with Crippen molar-refractivity contribution in [3.8, 4) is 0 Å². The highest BCUT2D eigenvalue weighted by atomic mass is 32.1. The molecule has 16 heavy (non-hydrogen) atoms. The van der Waals surface area contributed by atoms with Crippen LogP contribution in [0, 0.1) is 0 Å². The van der Waals surface area contributed by atoms with Gasteiger partial charge in [-0.25, -0.2) is 4.98 Å². The first-order chi connectivity index (χ1) is 7.67. The minimum absolute atomic E-state index is 0.275. The third-order valence-electron chi connectivity index (χ3n) is 2.65. The number of rotatable bonds is 7. The third-order valence-corrected chi connectivity index (χ3v) is 3.66. The van der Waals surface area contributed by atoms with E-state index in [1.807, 2.05) is 0 Å². The average molecular weight is 242 g/mol. The van der Waals surface area contributed by atoms with Crippen LogP contribution in [0.25, 0.3) is 0 Å². The second kappa shape index (κ2) is 6.99. The highest BCUT2D eigenvalue weighted by molar-refractivity contribution is 7.09. The van der Waals surface area contributed by atoms with Gasteiger partial charge in [-0.3, -0.25) is 0 Å². The second-order valence-corrected chi connectivity index (χ2v) is 5.12. The summed E-state index contributed by atoms with van der Waals surface area (Å²) < 4.78 is 0. The zero-order valence-electron chi connectivity index (χ0n) is 10.4. The molecule has 0 spiro atoms. The van der Waals surface area contributed by atoms with E-state index in [2.05, 4.69) is 36.5 Å². The summed E-state index contributed by atoms with van der Waals surface area (Å²) in [6.07, 6.45) is 2.88. The zero-order chi connectivity index (χ0) is 12.0. The smallest absolute Gasteiger partial charge is 0.0926 e. The normalized spacial score (nSPS) is 15.0. The van der Waals surface area contributed by atoms with Crippen molar-refractivity contribution in [3.63, 3.8) is 0 Å². The summed E-state index contributed by atoms with van der Waals surface area (Å²) in [4.78, 5) is 4.57. The molecule has 1 rings (SSSR count). The Morgan fingerprint density at radius 3 is 2.81 bits per heavy atom. The third kappa shape index (κ3) is 4.20. The molecule has 0 saturated heterocycles. The molecule has 2 unspecified atom stereocenters. The van der Waals surface area contributed by atoms with Crippen molar-refractivity contribution in [3.05, 3.63) is 16.1 Å². The predicted octanol–water partition coefficient (Wildman–Crippen LogP) is 2.52. The van der Waals surface area contributed by atoms with Crippen LogP contribution >= 0.6 is 11.3 Å². The number of hydrogen-bond donors (Lipinski definition) is 2. The zero-order valence-corrected chi connectivity index (χ0v) is 11.2. The summed E-state index contributed by atoms with van der Waals surface area (Å²) in [5.41, 5.74) is 1.14. The van der Waals surface area contributed by atoms with Crippen LogP contribution in [0.2, 0.25) is 0 Å². The number of nitrogens with one attached hydrogen (secondary N) is 1. The quantitative estimate of drug-likeness (QED) is 0.772. The Morgan fingerprint density at radius 1 is 1.50 bits per heavy atom. The Bertz CT molecular complexity index is 301. The van der Waals surface area contributed by atoms with E-state index in [0.717, 1.165) is 25.0 Å². The minimum atomic E-state index is 0.275. The van der Waals surface area contributed by atoms with E-state index in [-0.39, 0.29) is 6.61 Å². The maximum Gasteiger partial charge on any atom is 0.0926 e. The van der Waals surface area contributed by atoms with Crippen molar-refractivity contribution >= 4 is 11.3 Å². The van der Waals surface area contributed by atoms with Crippen molar-refractivity contribution in [1.82, 2.24) is 10.3 Å². The van der Waals surface area contributed by atoms with Crippen molar-refractivity contribution < 1.29 is 5.11 Å². The van der Waals surface area contributed by atoms with Gasteiger partial charge in [-0.05, 0) is 33.1 Å². The highest BCUT2D eigenvalue weighted by Gasteiger charge is 2.11. The van der Waals surface area contributed by atoms with Gasteiger partial charge in [0.2, 0.25) is 0 Å². The number of nitrogens with zero attached hydrogens (tertiary/aromatic N) is 1. The summed E-state index contributed by atoms with van der Waals surface area (Å²) in [6, 6.07) is 0.721. The van der Waals surface area contributed by atoms with Gasteiger partial charge in [0, 0.05) is 24.1 Å². The van der Waals surface area contributed by atoms with E-state index < -0.39 is 0 Å². The van der Waals surface area contributed by atoms with Crippen molar-refractivity contribution in [2.24, 2.45) is 0 Å². The largest absolute Gasteiger partial charge is 0.396 e. The van der Waals surface area contributed by atoms with Gasteiger partial charge in [0.25, 0.3) is 0 Å². The Hall–Kier alpha value is -0.450. The standard InChI is InChI=1S/C12H22N2OS/c1-4-12-14-11(8-16-12)10(3)13-9(2)6-5-7-15/h8-10,13,15H,4-7H2,1-3H3. The SMILES string of the molecule is CCc1nc(C(C)NC(C)CCCO)cs1. The van der Waals surface area contributed by atoms with E-state index in [4.69, 9.17) is 5.11 Å². The minimum Gasteiger partial charge on any atom is -0.396 e. The molecular weight excluding hydrogens is 220 g/mol. The average Bonchev–Trinajstić information content (AvgIpc) is 2.74. The summed E-state index contributed by atoms with van der Waals surface area (Å²) in [5.74, 6) is 0. The van der Waals surface area contributed by atoms with Gasteiger partial charge in [0.05, 0.1) is 10.7 Å². The van der Waals surface area contributed by atoms with Crippen LogP contribution in [0.5, 0.6) is 0 Å². The predicted molar refractivity (Wildman–Crippen MR) is 68.8 cm³/mol. The summed E-state index contributed by atoms with van der Waals surface area (Å²) in [5, 5.41) is 15.6. The fourth-order valence-corrected chi connectivity index (χ4v) is 2.52. The van der Waals surface area contributed by atoms with Crippen LogP contribution in [0.3, 0.4) is 0 Å². The molecule has 0 radical (unpaired) electrons. The van der Waals surface area contributed by atoms with Gasteiger partial charge < -0.3 is 10.4 Å². The van der Waals surface area contributed by atoms with Crippen LogP contribution in [0.1, 0.15) is 50.4 Å². The first kappa shape index (κ1) is 13.6. The molecule has 3 nitrogen and oxygen atoms in total. The molecule has 0 saturated carbocycles. The number of hydrogen-bond acceptors (Lipinski definition) is 4. The monoisotopic (exact) mass is 242 g/mol. The molecule has 0 aromatic carbocycles. The van der Waals surface area contributed by atoms with Gasteiger partial charge in [0.1, 0.15) is 0 Å². The molecule has 1 heterocycles. The summed E-state index contributed by atoms with van der Waals surface area (Å²) >= 11 is 1.73. The van der Waals surface area contributed by atoms with Gasteiger partial charge in [-0.2, -0.15) is 0 Å². The molecule has 4 heteroatoms. The van der Waals surface area contributed by atoms with E-state index in [1.54, 1.807) is 11.3 Å². The molecule has 2 atom stereocenters. The Morgan fingerprint density at radius 2 is 2.25 bits per heavy atom. The topological polar surface area (TPSA) is 45.2 Å². The lowest BCUT2D eigenvalue weighted by molar-refractivity contribution is 0.274. The molecule has 2 N–H and O–H groups in total. The Labute approximate surface area is 102 Å². The van der Waals surface area contributed by atoms with Crippen molar-refractivity contribution in [2.75, 3.05) is 6.61 Å². The first-order valence-corrected chi connectivity index (χ1v) is 6.86. The molecule has 0 aliphatic heterocycles. The fourth-order valence-electron chi connectivity index (χ4n) is 1.68. The van der Waals surface area contributed by atoms with Crippen LogP contribution in [0.15, 0.2) is 5.38 Å². The number of aliphatic hydroxyl groups excluding tert-OH is 1. The van der Waals surface area contributed by atoms with Crippen molar-refractivity contribution in [1.29, 1.82) is 0 Å². The Balaban J connectivity index is 2.41. The maximum absolute atomic E-state index is 8.76. The lowest BCUT2D eigenvalue weighted by atomic mass is 10.1. The van der Waals surface area contributed by atoms with E-state index in [0.29, 0.717) is 12.1 Å². The Kier molecular flexibility index (Phi) is 5.95. The van der Waals surface area contributed by atoms with Crippen molar-refractivity contribution in [2.45, 2.75) is 52.1 Å². The summed E-state index contributed by atoms with van der Waals surface area (Å²) in [6.45, 7) is 6.70. The molecule has 0 aliphatic rings. The van der Waals surface area contributed by atoms with Crippen LogP contribution in [-0.2, 0) is 6.42 Å². The van der Waals surface area contributed by atoms with Crippen LogP contribution < -0.4 is 5.32 Å². The molecular formula is C12H22N2OS. The molecule has 0 aliphatic carbocycles. The molecule has 0 amide bonds. The number of aliphatic hydroxyl groups is 1. The van der Waals surface area contributed by atoms with Gasteiger partial charge in [-0.1, -0.05) is 6.92 Å². The molecule has 1 aromatic rings. The van der Waals surface area contributed by atoms with Gasteiger partial charge in [-0.15, -0.1) is 11.3 Å². The second-order valence-electron chi connectivity index (χ2n) is 4.17. The van der Waals surface area contributed by atoms with Crippen LogP contribution in [-0.4, -0.2) is 22.7 Å². The molecule has 0 fully saturated rings. The van der Waals surface area contributed by atoms with Crippen LogP contribution in [0.4, 0.5) is 0 Å². The number of thiazole rings is 1. The first-order valence-electron chi connectivity index (χ1n) is 5.98. The van der Waals surface area contributed by atoms with E-state index in [9.17, 15) is 0 Å². The van der Waals surface area contributed by atoms with Gasteiger partial charge >= 0.3 is 0 Å². The molecule has 0 bridgehead atoms. The fraction of sp³-hybridized carbons (Fsp3) is 0.750. The lowest BCUT2D eigenvalue weighted by Gasteiger charge is -2.18. The lowest BCUT2D eigenvalue weighted by Crippen LogP contribution is -2.29. The highest BCUT2D eigenvalue weighted by Crippen LogP contribution is 2.17. The summed E-state index contributed by atoms with van der Waals surface area (Å²) in [7, 11) is 0. The number of aromatic nitrogens is 1. The van der Waals surface area contributed by atoms with E-state index >= 15 is 0 Å². The molecule has 92 valence electrons. The van der Waals surface area contributed by atoms with E-state index in [1.165, 1.54) is 5.01 Å². The maximum atomic E-state index is 8.76. The number of aryl methyl sites for hydroxylation is 1.